The van der Waals surface area contributed by atoms with Gasteiger partial charge < -0.3 is 10.3 Å². The predicted octanol–water partition coefficient (Wildman–Crippen LogP) is 3.59. The summed E-state index contributed by atoms with van der Waals surface area (Å²) < 4.78 is 13.2. The van der Waals surface area contributed by atoms with Crippen LogP contribution in [0.5, 0.6) is 0 Å². The summed E-state index contributed by atoms with van der Waals surface area (Å²) in [6, 6.07) is 6.38. The third-order valence-corrected chi connectivity index (χ3v) is 7.10. The molecule has 1 aliphatic carbocycles. The largest absolute Gasteiger partial charge is 0.355 e. The van der Waals surface area contributed by atoms with Crippen LogP contribution >= 0.6 is 23.1 Å². The highest BCUT2D eigenvalue weighted by Gasteiger charge is 2.19. The summed E-state index contributed by atoms with van der Waals surface area (Å²) in [5.41, 5.74) is 1.97. The summed E-state index contributed by atoms with van der Waals surface area (Å²) in [5.74, 6) is 1.02. The van der Waals surface area contributed by atoms with Crippen LogP contribution in [0.1, 0.15) is 34.7 Å². The maximum Gasteiger partial charge on any atom is 0.259 e. The van der Waals surface area contributed by atoms with E-state index >= 15 is 0 Å². The molecule has 8 heteroatoms. The van der Waals surface area contributed by atoms with Crippen molar-refractivity contribution in [1.82, 2.24) is 15.3 Å². The van der Waals surface area contributed by atoms with Crippen molar-refractivity contribution in [3.63, 3.8) is 0 Å². The summed E-state index contributed by atoms with van der Waals surface area (Å²) >= 11 is 3.05. The summed E-state index contributed by atoms with van der Waals surface area (Å²) in [6.07, 6.45) is 4.89. The van der Waals surface area contributed by atoms with E-state index in [0.717, 1.165) is 35.0 Å². The van der Waals surface area contributed by atoms with Gasteiger partial charge in [0.1, 0.15) is 16.5 Å². The highest BCUT2D eigenvalue weighted by Crippen LogP contribution is 2.33. The molecule has 29 heavy (non-hydrogen) atoms. The predicted molar refractivity (Wildman–Crippen MR) is 116 cm³/mol. The molecule has 1 amide bonds. The lowest BCUT2D eigenvalue weighted by Gasteiger charge is -2.09. The van der Waals surface area contributed by atoms with Gasteiger partial charge in [-0.3, -0.25) is 9.59 Å². The van der Waals surface area contributed by atoms with Crippen LogP contribution in [0.4, 0.5) is 4.39 Å². The Morgan fingerprint density at radius 3 is 3.03 bits per heavy atom. The van der Waals surface area contributed by atoms with Crippen LogP contribution in [0, 0.1) is 5.82 Å². The number of hydrogen-bond donors (Lipinski definition) is 2. The fourth-order valence-corrected chi connectivity index (χ4v) is 5.61. The van der Waals surface area contributed by atoms with Gasteiger partial charge in [-0.15, -0.1) is 23.1 Å². The Labute approximate surface area is 176 Å². The third-order valence-electron chi connectivity index (χ3n) is 4.97. The Kier molecular flexibility index (Phi) is 6.30. The van der Waals surface area contributed by atoms with Crippen LogP contribution in [0.3, 0.4) is 0 Å². The van der Waals surface area contributed by atoms with Crippen molar-refractivity contribution in [1.29, 1.82) is 0 Å². The molecule has 2 N–H and O–H groups in total. The summed E-state index contributed by atoms with van der Waals surface area (Å²) in [6.45, 7) is 0.463. The molecular formula is C21H22FN3O2S2. The Balaban J connectivity index is 1.28. The average molecular weight is 432 g/mol. The van der Waals surface area contributed by atoms with Crippen molar-refractivity contribution >= 4 is 39.2 Å². The number of benzene rings is 1. The Hall–Kier alpha value is -2.19. The van der Waals surface area contributed by atoms with E-state index in [4.69, 9.17) is 0 Å². The van der Waals surface area contributed by atoms with Gasteiger partial charge in [0, 0.05) is 11.4 Å². The zero-order valence-electron chi connectivity index (χ0n) is 15.9. The lowest BCUT2D eigenvalue weighted by atomic mass is 9.97. The normalized spacial score (nSPS) is 13.4. The van der Waals surface area contributed by atoms with Crippen LogP contribution in [-0.4, -0.2) is 28.2 Å². The molecule has 0 saturated carbocycles. The van der Waals surface area contributed by atoms with E-state index in [0.29, 0.717) is 24.5 Å². The van der Waals surface area contributed by atoms with E-state index in [2.05, 4.69) is 15.3 Å². The number of aromatic nitrogens is 2. The van der Waals surface area contributed by atoms with Crippen molar-refractivity contribution < 1.29 is 9.18 Å². The average Bonchev–Trinajstić information content (AvgIpc) is 3.07. The monoisotopic (exact) mass is 431 g/mol. The van der Waals surface area contributed by atoms with Gasteiger partial charge in [-0.2, -0.15) is 0 Å². The van der Waals surface area contributed by atoms with Crippen LogP contribution < -0.4 is 10.9 Å². The van der Waals surface area contributed by atoms with Gasteiger partial charge in [0.15, 0.2) is 0 Å². The van der Waals surface area contributed by atoms with Crippen molar-refractivity contribution in [3.8, 4) is 0 Å². The van der Waals surface area contributed by atoms with E-state index in [1.54, 1.807) is 17.4 Å². The van der Waals surface area contributed by atoms with E-state index in [9.17, 15) is 14.0 Å². The molecule has 0 fully saturated rings. The number of nitrogens with one attached hydrogen (secondary N) is 2. The quantitative estimate of drug-likeness (QED) is 0.600. The molecule has 0 radical (unpaired) electrons. The summed E-state index contributed by atoms with van der Waals surface area (Å²) in [4.78, 5) is 34.2. The van der Waals surface area contributed by atoms with Crippen molar-refractivity contribution in [2.75, 3.05) is 12.3 Å². The first kappa shape index (κ1) is 20.1. The fourth-order valence-electron chi connectivity index (χ4n) is 3.61. The molecule has 0 spiro atoms. The van der Waals surface area contributed by atoms with Gasteiger partial charge in [-0.1, -0.05) is 12.1 Å². The molecule has 2 aromatic heterocycles. The molecule has 1 aliphatic rings. The first-order chi connectivity index (χ1) is 14.1. The number of aromatic amines is 1. The molecule has 3 aromatic rings. The van der Waals surface area contributed by atoms with Gasteiger partial charge in [0.2, 0.25) is 5.91 Å². The number of amides is 1. The molecule has 152 valence electrons. The molecular weight excluding hydrogens is 409 g/mol. The number of nitrogens with zero attached hydrogens (tertiary/aromatic N) is 1. The second kappa shape index (κ2) is 9.09. The van der Waals surface area contributed by atoms with Gasteiger partial charge in [-0.05, 0) is 55.4 Å². The number of carbonyl (C=O) groups excluding carboxylic acids is 1. The number of thioether (sulfide) groups is 1. The summed E-state index contributed by atoms with van der Waals surface area (Å²) in [7, 11) is 0. The summed E-state index contributed by atoms with van der Waals surface area (Å²) in [5, 5.41) is 3.60. The highest BCUT2D eigenvalue weighted by molar-refractivity contribution is 7.99. The van der Waals surface area contributed by atoms with E-state index in [1.165, 1.54) is 40.8 Å². The number of thiophene rings is 1. The first-order valence-corrected chi connectivity index (χ1v) is 11.7. The Morgan fingerprint density at radius 1 is 1.31 bits per heavy atom. The van der Waals surface area contributed by atoms with E-state index < -0.39 is 0 Å². The fraction of sp³-hybridized carbons (Fsp3) is 0.381. The molecule has 0 aliphatic heterocycles. The first-order valence-electron chi connectivity index (χ1n) is 9.72. The Morgan fingerprint density at radius 2 is 2.17 bits per heavy atom. The van der Waals surface area contributed by atoms with Crippen LogP contribution in [-0.2, 0) is 29.8 Å². The minimum atomic E-state index is -0.269. The van der Waals surface area contributed by atoms with Gasteiger partial charge in [0.05, 0.1) is 16.9 Å². The molecule has 0 unspecified atom stereocenters. The van der Waals surface area contributed by atoms with Crippen LogP contribution in [0.25, 0.3) is 10.2 Å². The zero-order valence-corrected chi connectivity index (χ0v) is 17.6. The molecule has 4 rings (SSSR count). The third kappa shape index (κ3) is 4.87. The molecule has 0 bridgehead atoms. The van der Waals surface area contributed by atoms with Crippen LogP contribution in [0.15, 0.2) is 29.1 Å². The lowest BCUT2D eigenvalue weighted by molar-refractivity contribution is -0.118. The molecule has 1 aromatic carbocycles. The minimum absolute atomic E-state index is 0.0652. The van der Waals surface area contributed by atoms with Crippen molar-refractivity contribution in [3.05, 3.63) is 62.3 Å². The lowest BCUT2D eigenvalue weighted by Crippen LogP contribution is -2.27. The maximum absolute atomic E-state index is 13.2. The highest BCUT2D eigenvalue weighted by atomic mass is 32.2. The smallest absolute Gasteiger partial charge is 0.259 e. The molecule has 5 nitrogen and oxygen atoms in total. The number of carbonyl (C=O) groups is 1. The van der Waals surface area contributed by atoms with E-state index in [-0.39, 0.29) is 23.0 Å². The second-order valence-corrected chi connectivity index (χ2v) is 9.20. The van der Waals surface area contributed by atoms with Gasteiger partial charge in [0.25, 0.3) is 5.56 Å². The number of aryl methyl sites for hydroxylation is 2. The van der Waals surface area contributed by atoms with E-state index in [1.807, 2.05) is 6.07 Å². The topological polar surface area (TPSA) is 74.8 Å². The number of rotatable bonds is 7. The van der Waals surface area contributed by atoms with Gasteiger partial charge in [-0.25, -0.2) is 9.37 Å². The van der Waals surface area contributed by atoms with Crippen molar-refractivity contribution in [2.24, 2.45) is 0 Å². The zero-order chi connectivity index (χ0) is 20.2. The number of halogens is 1. The SMILES string of the molecule is O=C(CSCc1nc2sc3c(c2c(=O)[nH]1)CCCC3)NCCc1cccc(F)c1. The van der Waals surface area contributed by atoms with Crippen LogP contribution in [0.2, 0.25) is 0 Å². The maximum atomic E-state index is 13.2. The van der Waals surface area contributed by atoms with Gasteiger partial charge >= 0.3 is 0 Å². The molecule has 0 saturated heterocycles. The Bertz CT molecular complexity index is 1090. The second-order valence-electron chi connectivity index (χ2n) is 7.13. The number of fused-ring (bicyclic) bond motifs is 3. The molecule has 2 heterocycles. The minimum Gasteiger partial charge on any atom is -0.355 e. The number of hydrogen-bond acceptors (Lipinski definition) is 5. The van der Waals surface area contributed by atoms with Crippen molar-refractivity contribution in [2.45, 2.75) is 37.9 Å². The molecule has 0 atom stereocenters. The number of H-pyrrole nitrogens is 1. The standard InChI is InChI=1S/C21H22FN3O2S2/c22-14-5-3-4-13(10-14)8-9-23-18(26)12-28-11-17-24-20(27)19-15-6-1-2-7-16(15)29-21(19)25-17/h3-5,10H,1-2,6-9,11-12H2,(H,23,26)(H,24,25,27).